The number of aromatic carboxylic acids is 1. The average Bonchev–Trinajstić information content (AvgIpc) is 0.927. The van der Waals surface area contributed by atoms with Crippen molar-refractivity contribution in [2.75, 3.05) is 68.4 Å². The van der Waals surface area contributed by atoms with Gasteiger partial charge in [-0.3, -0.25) is 14.2 Å². The number of nitrogens with two attached hydrogens (primary N) is 1. The monoisotopic (exact) mass is 1350 g/mol. The highest BCUT2D eigenvalue weighted by atomic mass is 33.1. The third-order valence-corrected chi connectivity index (χ3v) is 25.6. The fourth-order valence-electron chi connectivity index (χ4n) is 12.4. The number of carboxylic acids is 1. The number of hydrogen-bond donors (Lipinski definition) is 7. The summed E-state index contributed by atoms with van der Waals surface area (Å²) in [4.78, 5) is 78.9. The number of hydrogen-bond acceptors (Lipinski definition) is 21. The number of anilines is 2. The standard InChI is InChI=1S/C57H70N7O17P3S4/c1-56(2,3)87-86-32-76-43-26-45(78-44(43)28-77-83(71,72)81-84(73,74)80-82(68,69)70)64-27-36(46-52(58)60-30-61-53(46)64)13-10-22-75-31-85-88-57(4,5)29-59-54(65)35-16-17-37(40(25-35)55(66)67)47-41-23-33-11-6-18-62-20-8-14-38(48(33)62)50(41)79-51-39-15-9-21-63-19-7-12-34(49(39)63)24-42(47)51/h16-17,23-25,27,30,43-45,48H,6-9,11-12,14-15,18-22,26,28-29,31-32H2,1-5H3,(H,59,65)(H,66,67)(H,71,72)(H,73,74)(H2,58,60,61)(H2,68,69,70)/t43?,44-,45-,48?/m1/s1. The molecule has 474 valence electrons. The van der Waals surface area contributed by atoms with Gasteiger partial charge in [-0.1, -0.05) is 81.9 Å². The number of piperidine rings is 2. The molecule has 0 radical (unpaired) electrons. The van der Waals surface area contributed by atoms with E-state index in [1.165, 1.54) is 72.7 Å². The fraction of sp³-hybridized carbons (Fsp3) is 0.509. The van der Waals surface area contributed by atoms with E-state index in [0.29, 0.717) is 22.2 Å². The zero-order valence-electron chi connectivity index (χ0n) is 49.0. The van der Waals surface area contributed by atoms with Crippen LogP contribution in [-0.2, 0) is 53.9 Å². The van der Waals surface area contributed by atoms with Crippen LogP contribution in [0.2, 0.25) is 0 Å². The molecule has 31 heteroatoms. The number of rotatable bonds is 22. The van der Waals surface area contributed by atoms with Crippen LogP contribution in [0.1, 0.15) is 134 Å². The second kappa shape index (κ2) is 26.4. The number of aryl methyl sites for hydroxylation is 1. The molecule has 2 aromatic carbocycles. The van der Waals surface area contributed by atoms with E-state index < -0.39 is 65.1 Å². The number of amides is 1. The van der Waals surface area contributed by atoms with Crippen molar-refractivity contribution in [3.8, 4) is 17.6 Å². The van der Waals surface area contributed by atoms with Crippen LogP contribution in [0.4, 0.5) is 11.5 Å². The first-order chi connectivity index (χ1) is 41.7. The van der Waals surface area contributed by atoms with Gasteiger partial charge >= 0.3 is 29.4 Å². The molecule has 1 amide bonds. The molecule has 24 nitrogen and oxygen atoms in total. The summed E-state index contributed by atoms with van der Waals surface area (Å²) < 4.78 is 75.1. The Morgan fingerprint density at radius 2 is 1.65 bits per heavy atom. The van der Waals surface area contributed by atoms with Crippen LogP contribution in [0.25, 0.3) is 16.6 Å². The number of ether oxygens (including phenoxy) is 4. The molecule has 6 aliphatic heterocycles. The lowest BCUT2D eigenvalue weighted by atomic mass is 9.74. The van der Waals surface area contributed by atoms with Crippen LogP contribution in [0, 0.1) is 11.8 Å². The van der Waals surface area contributed by atoms with Gasteiger partial charge in [0.1, 0.15) is 60.1 Å². The molecule has 8 N–H and O–H groups in total. The molecule has 6 atom stereocenters. The Hall–Kier alpha value is -4.17. The third-order valence-electron chi connectivity index (χ3n) is 15.8. The van der Waals surface area contributed by atoms with Crippen LogP contribution in [-0.4, -0.2) is 142 Å². The smallest absolute Gasteiger partial charge is 0.478 e. The lowest BCUT2D eigenvalue weighted by Crippen LogP contribution is -2.47. The number of phosphoric acid groups is 3. The molecule has 0 saturated carbocycles. The van der Waals surface area contributed by atoms with Gasteiger partial charge in [0.05, 0.1) is 35.3 Å². The highest BCUT2D eigenvalue weighted by Crippen LogP contribution is 2.66. The summed E-state index contributed by atoms with van der Waals surface area (Å²) >= 11 is 0. The number of carbonyl (C=O) groups is 2. The van der Waals surface area contributed by atoms with Crippen LogP contribution in [0.15, 0.2) is 65.3 Å². The third kappa shape index (κ3) is 14.8. The molecule has 3 saturated heterocycles. The largest absolute Gasteiger partial charge is 0.490 e. The molecular formula is C57H70N7O17P3S4. The molecule has 4 aromatic rings. The SMILES string of the molecule is CC(C)(C)SSCOC1C[C@H](n2cc(C#CCOCSSC(C)(C)CNC(=O)c3ccc(C4=C5C=C6CCCN7CCCC(=C5Oc5c4cc4c8c5CCCN8CCC4)C67)c(C(=O)O)c3)c3c(N)ncnc32)O[C@@H]1COP(=O)(O)OP(=O)(O)OP(=O)(O)O. The Kier molecular flexibility index (Phi) is 19.6. The zero-order chi connectivity index (χ0) is 62.5. The van der Waals surface area contributed by atoms with E-state index in [1.54, 1.807) is 27.6 Å². The number of benzene rings is 2. The Labute approximate surface area is 525 Å². The van der Waals surface area contributed by atoms with Gasteiger partial charge in [0.2, 0.25) is 0 Å². The number of nitrogen functional groups attached to an aromatic ring is 1. The van der Waals surface area contributed by atoms with Crippen LogP contribution < -0.4 is 20.7 Å². The predicted octanol–water partition coefficient (Wildman–Crippen LogP) is 10.1. The molecule has 0 bridgehead atoms. The van der Waals surface area contributed by atoms with Gasteiger partial charge in [-0.2, -0.15) is 8.62 Å². The molecular weight excluding hydrogens is 1280 g/mol. The second-order valence-electron chi connectivity index (χ2n) is 23.8. The highest BCUT2D eigenvalue weighted by molar-refractivity contribution is 8.77. The van der Waals surface area contributed by atoms with Gasteiger partial charge in [0.25, 0.3) is 5.91 Å². The molecule has 7 aliphatic rings. The van der Waals surface area contributed by atoms with E-state index in [1.807, 2.05) is 40.7 Å². The van der Waals surface area contributed by atoms with Crippen molar-refractivity contribution in [1.82, 2.24) is 24.8 Å². The molecule has 0 spiro atoms. The number of carboxylic acid groups (broad SMARTS) is 1. The first-order valence-electron chi connectivity index (χ1n) is 28.8. The van der Waals surface area contributed by atoms with E-state index in [2.05, 4.69) is 57.7 Å². The van der Waals surface area contributed by atoms with Crippen molar-refractivity contribution in [3.05, 3.63) is 104 Å². The number of phosphoric ester groups is 1. The quantitative estimate of drug-likeness (QED) is 0.0126. The average molecular weight is 1350 g/mol. The second-order valence-corrected chi connectivity index (χ2v) is 34.3. The predicted molar refractivity (Wildman–Crippen MR) is 339 cm³/mol. The van der Waals surface area contributed by atoms with Crippen molar-refractivity contribution in [2.45, 2.75) is 126 Å². The molecule has 11 rings (SSSR count). The Morgan fingerprint density at radius 1 is 0.898 bits per heavy atom. The maximum absolute atomic E-state index is 14.0. The molecule has 2 aromatic heterocycles. The van der Waals surface area contributed by atoms with Crippen molar-refractivity contribution in [3.63, 3.8) is 0 Å². The van der Waals surface area contributed by atoms with Gasteiger partial charge in [-0.25, -0.2) is 28.5 Å². The van der Waals surface area contributed by atoms with Crippen LogP contribution in [0.5, 0.6) is 5.75 Å². The van der Waals surface area contributed by atoms with Gasteiger partial charge in [-0.05, 0) is 125 Å². The molecule has 8 heterocycles. The number of nitrogens with zero attached hydrogens (tertiary/aromatic N) is 5. The maximum atomic E-state index is 14.0. The molecule has 3 fully saturated rings. The summed E-state index contributed by atoms with van der Waals surface area (Å²) in [6.45, 7) is 13.7. The van der Waals surface area contributed by atoms with E-state index in [-0.39, 0.29) is 59.2 Å². The number of carbonyl (C=O) groups excluding carboxylic acids is 1. The number of aromatic nitrogens is 3. The fourth-order valence-corrected chi connectivity index (χ4v) is 19.6. The zero-order valence-corrected chi connectivity index (χ0v) is 55.0. The lowest BCUT2D eigenvalue weighted by Gasteiger charge is -2.47. The number of allylic oxidation sites excluding steroid dienone is 1. The van der Waals surface area contributed by atoms with E-state index >= 15 is 0 Å². The first-order valence-corrected chi connectivity index (χ1v) is 37.9. The maximum Gasteiger partial charge on any atom is 0.490 e. The normalized spacial score (nSPS) is 22.3. The first kappa shape index (κ1) is 65.3. The van der Waals surface area contributed by atoms with Gasteiger partial charge in [-0.15, -0.1) is 0 Å². The number of nitrogens with one attached hydrogen (secondary N) is 1. The van der Waals surface area contributed by atoms with Crippen molar-refractivity contribution in [2.24, 2.45) is 0 Å². The summed E-state index contributed by atoms with van der Waals surface area (Å²) in [5.41, 5.74) is 17.1. The summed E-state index contributed by atoms with van der Waals surface area (Å²) in [7, 11) is -10.9. The van der Waals surface area contributed by atoms with Crippen LogP contribution >= 0.6 is 66.6 Å². The minimum atomic E-state index is -5.77. The Bertz CT molecular complexity index is 3740. The van der Waals surface area contributed by atoms with Crippen molar-refractivity contribution in [1.29, 1.82) is 0 Å². The Morgan fingerprint density at radius 3 is 2.41 bits per heavy atom. The molecule has 88 heavy (non-hydrogen) atoms. The van der Waals surface area contributed by atoms with Gasteiger partial charge < -0.3 is 64.1 Å². The summed E-state index contributed by atoms with van der Waals surface area (Å²) in [5.74, 6) is 6.81. The van der Waals surface area contributed by atoms with Gasteiger partial charge in [0.15, 0.2) is 0 Å². The minimum Gasteiger partial charge on any atom is -0.478 e. The van der Waals surface area contributed by atoms with E-state index in [9.17, 15) is 38.2 Å². The Balaban J connectivity index is 0.732. The van der Waals surface area contributed by atoms with E-state index in [4.69, 9.17) is 39.0 Å². The molecule has 4 unspecified atom stereocenters. The summed E-state index contributed by atoms with van der Waals surface area (Å²) in [6, 6.07) is 7.50. The summed E-state index contributed by atoms with van der Waals surface area (Å²) in [5, 5.41) is 14.5. The van der Waals surface area contributed by atoms with Gasteiger partial charge in [0, 0.05) is 75.3 Å². The molecule has 1 aliphatic carbocycles. The number of fused-ring (bicyclic) bond motifs is 4. The topological polar surface area (TPSA) is 326 Å². The van der Waals surface area contributed by atoms with Crippen molar-refractivity contribution < 1.29 is 80.1 Å². The minimum absolute atomic E-state index is 0.0178. The van der Waals surface area contributed by atoms with E-state index in [0.717, 1.165) is 106 Å². The lowest BCUT2D eigenvalue weighted by molar-refractivity contribution is -0.0520. The summed E-state index contributed by atoms with van der Waals surface area (Å²) in [6.07, 6.45) is 10.5. The highest BCUT2D eigenvalue weighted by Gasteiger charge is 2.46. The van der Waals surface area contributed by atoms with Crippen molar-refractivity contribution >= 4 is 107 Å². The van der Waals surface area contributed by atoms with Crippen LogP contribution in [0.3, 0.4) is 0 Å².